The number of anilines is 2. The van der Waals surface area contributed by atoms with Crippen molar-refractivity contribution in [2.45, 2.75) is 6.18 Å². The summed E-state index contributed by atoms with van der Waals surface area (Å²) in [6.45, 7) is 3.45. The van der Waals surface area contributed by atoms with Crippen LogP contribution in [0.5, 0.6) is 5.75 Å². The SMILES string of the molecule is C=C(N)/C(Cl)=C(\C=C/N)Oc1ccc(NC(=O)/C(C=N)=C(/Nc2nc(-c3ccccc3)cs2)C(F)(F)F)cc1F. The predicted octanol–water partition coefficient (Wildman–Crippen LogP) is 6.24. The molecule has 3 aromatic rings. The Balaban J connectivity index is 1.87. The van der Waals surface area contributed by atoms with Crippen molar-refractivity contribution in [2.24, 2.45) is 11.5 Å². The highest BCUT2D eigenvalue weighted by Gasteiger charge is 2.39. The zero-order valence-electron chi connectivity index (χ0n) is 20.4. The second kappa shape index (κ2) is 13.0. The number of nitrogens with one attached hydrogen (secondary N) is 3. The van der Waals surface area contributed by atoms with Crippen LogP contribution < -0.4 is 26.8 Å². The molecule has 208 valence electrons. The second-order valence-corrected chi connectivity index (χ2v) is 8.96. The molecule has 1 aromatic heterocycles. The zero-order chi connectivity index (χ0) is 29.4. The molecule has 40 heavy (non-hydrogen) atoms. The number of nitrogens with two attached hydrogens (primary N) is 2. The Bertz CT molecular complexity index is 1520. The summed E-state index contributed by atoms with van der Waals surface area (Å²) in [5.74, 6) is -2.81. The van der Waals surface area contributed by atoms with Crippen LogP contribution in [-0.2, 0) is 4.79 Å². The number of carbonyl (C=O) groups excluding carboxylic acids is 1. The molecule has 3 rings (SSSR count). The van der Waals surface area contributed by atoms with Crippen LogP contribution in [0.1, 0.15) is 0 Å². The summed E-state index contributed by atoms with van der Waals surface area (Å²) < 4.78 is 61.9. The van der Waals surface area contributed by atoms with Crippen molar-refractivity contribution >= 4 is 45.9 Å². The van der Waals surface area contributed by atoms with Gasteiger partial charge in [0.05, 0.1) is 11.3 Å². The first kappa shape index (κ1) is 29.9. The van der Waals surface area contributed by atoms with E-state index in [0.717, 1.165) is 29.7 Å². The summed E-state index contributed by atoms with van der Waals surface area (Å²) in [4.78, 5) is 16.9. The Hall–Kier alpha value is -4.62. The molecule has 0 fully saturated rings. The lowest BCUT2D eigenvalue weighted by molar-refractivity contribution is -0.114. The summed E-state index contributed by atoms with van der Waals surface area (Å²) in [5.41, 5.74) is 9.09. The maximum absolute atomic E-state index is 14.7. The van der Waals surface area contributed by atoms with Crippen LogP contribution in [0.4, 0.5) is 28.4 Å². The van der Waals surface area contributed by atoms with E-state index in [2.05, 4.69) is 22.2 Å². The molecule has 0 unspecified atom stereocenters. The Morgan fingerprint density at radius 2 is 1.88 bits per heavy atom. The number of rotatable bonds is 10. The van der Waals surface area contributed by atoms with E-state index in [9.17, 15) is 22.4 Å². The summed E-state index contributed by atoms with van der Waals surface area (Å²) >= 11 is 6.87. The van der Waals surface area contributed by atoms with E-state index in [1.54, 1.807) is 35.7 Å². The van der Waals surface area contributed by atoms with E-state index in [4.69, 9.17) is 33.2 Å². The Morgan fingerprint density at radius 1 is 1.18 bits per heavy atom. The molecule has 0 aliphatic carbocycles. The fourth-order valence-electron chi connectivity index (χ4n) is 3.10. The van der Waals surface area contributed by atoms with Crippen LogP contribution >= 0.6 is 22.9 Å². The highest BCUT2D eigenvalue weighted by atomic mass is 35.5. The van der Waals surface area contributed by atoms with Crippen molar-refractivity contribution in [2.75, 3.05) is 10.6 Å². The molecule has 8 nitrogen and oxygen atoms in total. The van der Waals surface area contributed by atoms with Crippen LogP contribution in [0.15, 0.2) is 101 Å². The van der Waals surface area contributed by atoms with E-state index < -0.39 is 29.2 Å². The van der Waals surface area contributed by atoms with Gasteiger partial charge in [-0.2, -0.15) is 13.2 Å². The number of nitrogens with zero attached hydrogens (tertiary/aromatic N) is 1. The van der Waals surface area contributed by atoms with Crippen molar-refractivity contribution in [3.05, 3.63) is 106 Å². The molecular formula is C26H21ClF4N6O2S. The third-order valence-electron chi connectivity index (χ3n) is 4.90. The molecule has 0 radical (unpaired) electrons. The van der Waals surface area contributed by atoms with E-state index in [0.29, 0.717) is 11.3 Å². The van der Waals surface area contributed by atoms with Gasteiger partial charge in [0.15, 0.2) is 16.7 Å². The number of hydrogen-bond donors (Lipinski definition) is 5. The molecule has 0 saturated carbocycles. The first-order valence-corrected chi connectivity index (χ1v) is 12.3. The van der Waals surface area contributed by atoms with Gasteiger partial charge in [-0.05, 0) is 24.4 Å². The van der Waals surface area contributed by atoms with E-state index in [1.165, 1.54) is 12.1 Å². The average molecular weight is 593 g/mol. The molecule has 1 heterocycles. The van der Waals surface area contributed by atoms with Gasteiger partial charge in [-0.3, -0.25) is 4.79 Å². The molecule has 0 spiro atoms. The Kier molecular flexibility index (Phi) is 9.69. The number of alkyl halides is 3. The monoisotopic (exact) mass is 592 g/mol. The number of aromatic nitrogens is 1. The lowest BCUT2D eigenvalue weighted by Crippen LogP contribution is -2.27. The summed E-state index contributed by atoms with van der Waals surface area (Å²) in [5, 5.41) is 13.0. The summed E-state index contributed by atoms with van der Waals surface area (Å²) in [7, 11) is 0. The maximum Gasteiger partial charge on any atom is 0.432 e. The van der Waals surface area contributed by atoms with Crippen molar-refractivity contribution in [1.82, 2.24) is 4.98 Å². The van der Waals surface area contributed by atoms with Gasteiger partial charge in [-0.1, -0.05) is 48.5 Å². The number of halogens is 5. The largest absolute Gasteiger partial charge is 0.453 e. The topological polar surface area (TPSA) is 139 Å². The quantitative estimate of drug-likeness (QED) is 0.0621. The number of thiazole rings is 1. The van der Waals surface area contributed by atoms with Gasteiger partial charge in [0.1, 0.15) is 16.5 Å². The smallest absolute Gasteiger partial charge is 0.432 e. The van der Waals surface area contributed by atoms with Gasteiger partial charge in [-0.25, -0.2) is 9.37 Å². The van der Waals surface area contributed by atoms with Crippen LogP contribution in [0, 0.1) is 11.2 Å². The van der Waals surface area contributed by atoms with Crippen molar-refractivity contribution in [3.8, 4) is 17.0 Å². The standard InChI is InChI=1S/C26H21ClF4N6O2S/c1-14(34)22(27)21(9-10-32)39-20-8-7-16(11-18(20)28)35-24(38)17(12-33)23(26(29,30)31)37-25-36-19(13-40-25)15-5-3-2-4-6-15/h2-13,33H,1,32,34H2,(H,35,38)(H,36,37)/b10-9-,22-21-,23-17+,33-12?. The van der Waals surface area contributed by atoms with Crippen LogP contribution in [0.25, 0.3) is 11.3 Å². The Morgan fingerprint density at radius 3 is 2.45 bits per heavy atom. The van der Waals surface area contributed by atoms with Crippen molar-refractivity contribution in [1.29, 1.82) is 5.41 Å². The molecule has 1 amide bonds. The fraction of sp³-hybridized carbons (Fsp3) is 0.0385. The second-order valence-electron chi connectivity index (χ2n) is 7.72. The van der Waals surface area contributed by atoms with Crippen LogP contribution in [0.2, 0.25) is 0 Å². The van der Waals surface area contributed by atoms with Crippen molar-refractivity contribution < 1.29 is 27.1 Å². The van der Waals surface area contributed by atoms with Gasteiger partial charge in [0.2, 0.25) is 0 Å². The first-order chi connectivity index (χ1) is 18.9. The van der Waals surface area contributed by atoms with Gasteiger partial charge >= 0.3 is 6.18 Å². The lowest BCUT2D eigenvalue weighted by Gasteiger charge is -2.16. The number of hydrogen-bond acceptors (Lipinski definition) is 8. The number of ether oxygens (including phenoxy) is 1. The van der Waals surface area contributed by atoms with E-state index >= 15 is 0 Å². The molecule has 7 N–H and O–H groups in total. The highest BCUT2D eigenvalue weighted by molar-refractivity contribution is 7.14. The van der Waals surface area contributed by atoms with E-state index in [-0.39, 0.29) is 39.3 Å². The van der Waals surface area contributed by atoms with Crippen LogP contribution in [0.3, 0.4) is 0 Å². The van der Waals surface area contributed by atoms with Crippen molar-refractivity contribution in [3.63, 3.8) is 0 Å². The zero-order valence-corrected chi connectivity index (χ0v) is 21.9. The third kappa shape index (κ3) is 7.48. The average Bonchev–Trinajstić information content (AvgIpc) is 3.38. The van der Waals surface area contributed by atoms with E-state index in [1.807, 2.05) is 0 Å². The molecule has 0 atom stereocenters. The van der Waals surface area contributed by atoms with Gasteiger partial charge < -0.3 is 32.2 Å². The molecule has 0 saturated heterocycles. The lowest BCUT2D eigenvalue weighted by atomic mass is 10.1. The number of carbonyl (C=O) groups is 1. The van der Waals surface area contributed by atoms with Gasteiger partial charge in [0.25, 0.3) is 5.91 Å². The highest BCUT2D eigenvalue weighted by Crippen LogP contribution is 2.33. The molecular weight excluding hydrogens is 572 g/mol. The minimum atomic E-state index is -5.06. The van der Waals surface area contributed by atoms with Gasteiger partial charge in [0, 0.05) is 34.6 Å². The molecule has 0 aliphatic rings. The number of amides is 1. The fourth-order valence-corrected chi connectivity index (χ4v) is 3.92. The van der Waals surface area contributed by atoms with Gasteiger partial charge in [-0.15, -0.1) is 11.3 Å². The summed E-state index contributed by atoms with van der Waals surface area (Å²) in [6.07, 6.45) is -2.55. The minimum absolute atomic E-state index is 0.0758. The molecule has 14 heteroatoms. The number of benzene rings is 2. The third-order valence-corrected chi connectivity index (χ3v) is 6.09. The first-order valence-electron chi connectivity index (χ1n) is 11.1. The molecule has 2 aromatic carbocycles. The normalized spacial score (nSPS) is 12.8. The molecule has 0 aliphatic heterocycles. The van der Waals surface area contributed by atoms with Crippen LogP contribution in [-0.4, -0.2) is 23.3 Å². The molecule has 0 bridgehead atoms. The minimum Gasteiger partial charge on any atom is -0.453 e. The Labute approximate surface area is 234 Å². The number of allylic oxidation sites excluding steroid dienone is 3. The predicted molar refractivity (Wildman–Crippen MR) is 148 cm³/mol. The summed E-state index contributed by atoms with van der Waals surface area (Å²) in [6, 6.07) is 11.8. The maximum atomic E-state index is 14.7.